The molecule has 0 amide bonds. The highest BCUT2D eigenvalue weighted by atomic mass is 33.1. The Kier molecular flexibility index (Phi) is 128. The van der Waals surface area contributed by atoms with E-state index in [0.29, 0.717) is 0 Å². The molecule has 1 aliphatic rings. The Bertz CT molecular complexity index is 59.3. The lowest BCUT2D eigenvalue weighted by Gasteiger charge is -1.69. The summed E-state index contributed by atoms with van der Waals surface area (Å²) in [5.74, 6) is 1.20. The molecule has 0 radical (unpaired) electrons. The molecule has 1 heterocycles. The molecule has 76 valence electrons. The van der Waals surface area contributed by atoms with Gasteiger partial charge in [-0.1, -0.05) is 27.7 Å². The highest BCUT2D eigenvalue weighted by Crippen LogP contribution is 2.27. The van der Waals surface area contributed by atoms with Gasteiger partial charge in [0.25, 0.3) is 0 Å². The molecule has 0 aromatic rings. The minimum atomic E-state index is 0. The lowest BCUT2D eigenvalue weighted by atomic mass is 10.8. The molecule has 0 aliphatic carbocycles. The second-order valence-corrected chi connectivity index (χ2v) is 3.07. The Morgan fingerprint density at radius 2 is 1.36 bits per heavy atom. The van der Waals surface area contributed by atoms with E-state index in [1.165, 1.54) is 5.75 Å². The summed E-state index contributed by atoms with van der Waals surface area (Å²) in [6.07, 6.45) is 2.16. The fraction of sp³-hybridized carbons (Fsp3) is 0.333. The topological polar surface area (TPSA) is 63.0 Å². The molecule has 0 bridgehead atoms. The van der Waals surface area contributed by atoms with Crippen molar-refractivity contribution in [3.8, 4) is 0 Å². The normalized spacial score (nSPS) is 9.45. The maximum atomic E-state index is 2.16. The standard InChI is InChI=1S/C3H4S2.4FH.2H2O/c1-2-4-5-3-1;;;;;;/h1-2H,3H2;4*1H;2*1H2. The first-order valence-electron chi connectivity index (χ1n) is 1.43. The number of rotatable bonds is 0. The van der Waals surface area contributed by atoms with Crippen LogP contribution < -0.4 is 0 Å². The van der Waals surface area contributed by atoms with E-state index in [1.807, 2.05) is 21.6 Å². The van der Waals surface area contributed by atoms with E-state index in [0.717, 1.165) is 0 Å². The van der Waals surface area contributed by atoms with Crippen molar-refractivity contribution >= 4 is 21.6 Å². The number of hydrogen-bond acceptors (Lipinski definition) is 2. The Morgan fingerprint density at radius 3 is 1.45 bits per heavy atom. The van der Waals surface area contributed by atoms with Gasteiger partial charge in [-0.3, -0.25) is 18.8 Å². The van der Waals surface area contributed by atoms with Gasteiger partial charge in [-0.05, 0) is 5.41 Å². The van der Waals surface area contributed by atoms with Crippen LogP contribution >= 0.6 is 21.6 Å². The van der Waals surface area contributed by atoms with Crippen LogP contribution in [0.2, 0.25) is 0 Å². The molecule has 1 aliphatic heterocycles. The molecule has 0 aromatic heterocycles. The summed E-state index contributed by atoms with van der Waals surface area (Å²) >= 11 is 0. The van der Waals surface area contributed by atoms with Crippen molar-refractivity contribution in [3.05, 3.63) is 11.5 Å². The van der Waals surface area contributed by atoms with Crippen LogP contribution in [-0.2, 0) is 0 Å². The lowest BCUT2D eigenvalue weighted by molar-refractivity contribution is 0.823. The van der Waals surface area contributed by atoms with Crippen LogP contribution in [-0.4, -0.2) is 16.7 Å². The molecule has 0 spiro atoms. The molecular weight excluding hydrogens is 208 g/mol. The summed E-state index contributed by atoms with van der Waals surface area (Å²) in [7, 11) is 3.69. The summed E-state index contributed by atoms with van der Waals surface area (Å²) in [6, 6.07) is 0. The third-order valence-corrected chi connectivity index (χ3v) is 2.30. The first kappa shape index (κ1) is 43.6. The zero-order valence-corrected chi connectivity index (χ0v) is 6.94. The molecule has 0 fully saturated rings. The van der Waals surface area contributed by atoms with Gasteiger partial charge >= 0.3 is 0 Å². The summed E-state index contributed by atoms with van der Waals surface area (Å²) < 4.78 is 0. The van der Waals surface area contributed by atoms with Crippen LogP contribution in [0.25, 0.3) is 0 Å². The van der Waals surface area contributed by atoms with Crippen molar-refractivity contribution in [2.75, 3.05) is 5.75 Å². The third-order valence-electron chi connectivity index (χ3n) is 0.384. The van der Waals surface area contributed by atoms with Crippen LogP contribution in [0, 0.1) is 0 Å². The fourth-order valence-electron chi connectivity index (χ4n) is 0.196. The zero-order valence-electron chi connectivity index (χ0n) is 5.31. The van der Waals surface area contributed by atoms with Crippen LogP contribution in [0.3, 0.4) is 0 Å². The summed E-state index contributed by atoms with van der Waals surface area (Å²) in [5.41, 5.74) is 0. The quantitative estimate of drug-likeness (QED) is 0.449. The van der Waals surface area contributed by atoms with Crippen molar-refractivity contribution in [3.63, 3.8) is 0 Å². The Balaban J connectivity index is -0.0000000104. The van der Waals surface area contributed by atoms with Gasteiger partial charge in [-0.25, -0.2) is 0 Å². The van der Waals surface area contributed by atoms with Crippen LogP contribution in [0.4, 0.5) is 18.8 Å². The minimum absolute atomic E-state index is 0. The molecule has 0 aromatic carbocycles. The van der Waals surface area contributed by atoms with Gasteiger partial charge in [0.1, 0.15) is 0 Å². The van der Waals surface area contributed by atoms with Gasteiger partial charge < -0.3 is 11.0 Å². The zero-order chi connectivity index (χ0) is 3.54. The minimum Gasteiger partial charge on any atom is -0.412 e. The lowest BCUT2D eigenvalue weighted by Crippen LogP contribution is -1.46. The summed E-state index contributed by atoms with van der Waals surface area (Å²) in [6.45, 7) is 0. The molecular formula is C3H12F4O2S2. The van der Waals surface area contributed by atoms with Gasteiger partial charge in [-0.2, -0.15) is 0 Å². The number of halogens is 4. The van der Waals surface area contributed by atoms with E-state index < -0.39 is 0 Å². The van der Waals surface area contributed by atoms with Gasteiger partial charge in [-0.15, -0.1) is 0 Å². The number of hydrogen-bond donors (Lipinski definition) is 0. The molecule has 1 rings (SSSR count). The van der Waals surface area contributed by atoms with Crippen molar-refractivity contribution in [1.82, 2.24) is 0 Å². The third kappa shape index (κ3) is 25.5. The van der Waals surface area contributed by atoms with Crippen molar-refractivity contribution in [2.45, 2.75) is 0 Å². The van der Waals surface area contributed by atoms with E-state index in [1.54, 1.807) is 0 Å². The van der Waals surface area contributed by atoms with E-state index in [-0.39, 0.29) is 29.8 Å². The monoisotopic (exact) mass is 220 g/mol. The smallest absolute Gasteiger partial charge is 0.0229 e. The molecule has 4 N–H and O–H groups in total. The van der Waals surface area contributed by atoms with Crippen molar-refractivity contribution in [2.24, 2.45) is 0 Å². The first-order chi connectivity index (χ1) is 2.50. The van der Waals surface area contributed by atoms with E-state index in [4.69, 9.17) is 0 Å². The maximum Gasteiger partial charge on any atom is 0.0229 e. The Labute approximate surface area is 69.3 Å². The first-order valence-corrected chi connectivity index (χ1v) is 3.81. The maximum absolute atomic E-state index is 2.16. The highest BCUT2D eigenvalue weighted by Gasteiger charge is 1.85. The Morgan fingerprint density at radius 1 is 0.909 bits per heavy atom. The van der Waals surface area contributed by atoms with Crippen LogP contribution in [0.5, 0.6) is 0 Å². The van der Waals surface area contributed by atoms with Gasteiger partial charge in [0.15, 0.2) is 0 Å². The second kappa shape index (κ2) is 32.2. The molecule has 11 heavy (non-hydrogen) atoms. The van der Waals surface area contributed by atoms with E-state index in [9.17, 15) is 0 Å². The van der Waals surface area contributed by atoms with Gasteiger partial charge in [0.2, 0.25) is 0 Å². The molecule has 2 nitrogen and oxygen atoms in total. The van der Waals surface area contributed by atoms with E-state index >= 15 is 0 Å². The molecule has 8 heteroatoms. The van der Waals surface area contributed by atoms with Crippen molar-refractivity contribution < 1.29 is 29.8 Å². The predicted octanol–water partition coefficient (Wildman–Crippen LogP) is 0.856. The highest BCUT2D eigenvalue weighted by molar-refractivity contribution is 8.78. The molecule has 0 atom stereocenters. The average molecular weight is 220 g/mol. The van der Waals surface area contributed by atoms with Crippen LogP contribution in [0.15, 0.2) is 11.5 Å². The molecule has 0 unspecified atom stereocenters. The fourth-order valence-corrected chi connectivity index (χ4v) is 1.77. The summed E-state index contributed by atoms with van der Waals surface area (Å²) in [5, 5.41) is 2.12. The van der Waals surface area contributed by atoms with Gasteiger partial charge in [0, 0.05) is 5.75 Å². The largest absolute Gasteiger partial charge is 0.412 e. The SMILES string of the molecule is C1=CSSC1.F.F.F.F.O.O. The molecule has 0 saturated carbocycles. The summed E-state index contributed by atoms with van der Waals surface area (Å²) in [4.78, 5) is 0. The molecule has 0 saturated heterocycles. The predicted molar refractivity (Wildman–Crippen MR) is 46.4 cm³/mol. The van der Waals surface area contributed by atoms with Crippen LogP contribution in [0.1, 0.15) is 0 Å². The Hall–Kier alpha value is 0.0800. The second-order valence-electron chi connectivity index (χ2n) is 0.753. The average Bonchev–Trinajstić information content (AvgIpc) is 1.76. The van der Waals surface area contributed by atoms with E-state index in [2.05, 4.69) is 11.5 Å². The van der Waals surface area contributed by atoms with Crippen molar-refractivity contribution in [1.29, 1.82) is 0 Å². The van der Waals surface area contributed by atoms with Gasteiger partial charge in [0.05, 0.1) is 0 Å².